The van der Waals surface area contributed by atoms with Gasteiger partial charge in [0.15, 0.2) is 0 Å². The van der Waals surface area contributed by atoms with Gasteiger partial charge in [-0.3, -0.25) is 9.69 Å². The topological polar surface area (TPSA) is 77.7 Å². The van der Waals surface area contributed by atoms with Crippen molar-refractivity contribution < 1.29 is 13.2 Å². The maximum Gasteiger partial charge on any atom is 0.449 e. The summed E-state index contributed by atoms with van der Waals surface area (Å²) >= 11 is 0. The Morgan fingerprint density at radius 2 is 2.16 bits per heavy atom. The van der Waals surface area contributed by atoms with Crippen molar-refractivity contribution in [3.63, 3.8) is 0 Å². The van der Waals surface area contributed by atoms with Gasteiger partial charge in [0.2, 0.25) is 5.82 Å². The standard InChI is InChI=1S/C16H16F3N5O/c1-9-10(5-11(6-20)23(9)2)7-24-4-3-13-12(8-24)14(25)22-15(21-13)16(17,18)19/h5H,3-4,7-8H2,1-2H3,(H,21,22,25). The Bertz CT molecular complexity index is 920. The van der Waals surface area contributed by atoms with Crippen LogP contribution in [0, 0.1) is 18.3 Å². The summed E-state index contributed by atoms with van der Waals surface area (Å²) in [6.07, 6.45) is -4.39. The van der Waals surface area contributed by atoms with Crippen LogP contribution in [-0.4, -0.2) is 26.0 Å². The third-order valence-corrected chi connectivity index (χ3v) is 4.56. The van der Waals surface area contributed by atoms with E-state index in [1.165, 1.54) is 0 Å². The number of fused-ring (bicyclic) bond motifs is 1. The second-order valence-electron chi connectivity index (χ2n) is 6.11. The summed E-state index contributed by atoms with van der Waals surface area (Å²) in [5, 5.41) is 9.09. The monoisotopic (exact) mass is 351 g/mol. The molecule has 132 valence electrons. The molecule has 0 saturated carbocycles. The Kier molecular flexibility index (Phi) is 4.16. The molecule has 0 saturated heterocycles. The minimum Gasteiger partial charge on any atom is -0.340 e. The third-order valence-electron chi connectivity index (χ3n) is 4.56. The van der Waals surface area contributed by atoms with Gasteiger partial charge >= 0.3 is 6.18 Å². The van der Waals surface area contributed by atoms with Gasteiger partial charge in [-0.2, -0.15) is 18.4 Å². The number of H-pyrrole nitrogens is 1. The molecule has 1 N–H and O–H groups in total. The van der Waals surface area contributed by atoms with E-state index in [0.29, 0.717) is 18.8 Å². The van der Waals surface area contributed by atoms with E-state index < -0.39 is 17.6 Å². The van der Waals surface area contributed by atoms with E-state index in [0.717, 1.165) is 11.3 Å². The first-order valence-corrected chi connectivity index (χ1v) is 7.67. The van der Waals surface area contributed by atoms with Crippen LogP contribution in [0.1, 0.15) is 34.0 Å². The van der Waals surface area contributed by atoms with Crippen LogP contribution in [0.2, 0.25) is 0 Å². The van der Waals surface area contributed by atoms with Crippen LogP contribution in [0.5, 0.6) is 0 Å². The molecule has 3 heterocycles. The van der Waals surface area contributed by atoms with Crippen molar-refractivity contribution in [1.29, 1.82) is 5.26 Å². The van der Waals surface area contributed by atoms with E-state index in [4.69, 9.17) is 5.26 Å². The molecule has 1 aliphatic heterocycles. The molecule has 0 unspecified atom stereocenters. The Labute approximate surface area is 141 Å². The Balaban J connectivity index is 1.85. The number of aromatic amines is 1. The molecule has 0 aromatic carbocycles. The fraction of sp³-hybridized carbons (Fsp3) is 0.438. The summed E-state index contributed by atoms with van der Waals surface area (Å²) in [7, 11) is 1.80. The number of halogens is 3. The van der Waals surface area contributed by atoms with Crippen molar-refractivity contribution in [3.8, 4) is 6.07 Å². The maximum absolute atomic E-state index is 12.7. The van der Waals surface area contributed by atoms with Crippen molar-refractivity contribution in [3.05, 3.63) is 50.5 Å². The lowest BCUT2D eigenvalue weighted by Crippen LogP contribution is -2.36. The molecule has 25 heavy (non-hydrogen) atoms. The van der Waals surface area contributed by atoms with Gasteiger partial charge in [0.05, 0.1) is 11.3 Å². The largest absolute Gasteiger partial charge is 0.449 e. The zero-order valence-corrected chi connectivity index (χ0v) is 13.7. The number of nitrogens with one attached hydrogen (secondary N) is 1. The maximum atomic E-state index is 12.7. The highest BCUT2D eigenvalue weighted by Crippen LogP contribution is 2.27. The average Bonchev–Trinajstić information content (AvgIpc) is 2.82. The summed E-state index contributed by atoms with van der Waals surface area (Å²) in [5.74, 6) is -1.25. The lowest BCUT2D eigenvalue weighted by Gasteiger charge is -2.27. The molecule has 0 fully saturated rings. The Morgan fingerprint density at radius 3 is 2.76 bits per heavy atom. The number of nitrogens with zero attached hydrogens (tertiary/aromatic N) is 4. The highest BCUT2D eigenvalue weighted by atomic mass is 19.4. The first-order valence-electron chi connectivity index (χ1n) is 7.67. The number of rotatable bonds is 2. The molecule has 2 aromatic rings. The van der Waals surface area contributed by atoms with Crippen LogP contribution in [-0.2, 0) is 32.7 Å². The van der Waals surface area contributed by atoms with Gasteiger partial charge < -0.3 is 9.55 Å². The molecule has 2 aromatic heterocycles. The lowest BCUT2D eigenvalue weighted by molar-refractivity contribution is -0.145. The molecule has 1 aliphatic rings. The normalized spacial score (nSPS) is 15.0. The van der Waals surface area contributed by atoms with Crippen molar-refractivity contribution in [2.45, 2.75) is 32.6 Å². The Hall–Kier alpha value is -2.60. The lowest BCUT2D eigenvalue weighted by atomic mass is 10.1. The smallest absolute Gasteiger partial charge is 0.340 e. The van der Waals surface area contributed by atoms with E-state index in [1.54, 1.807) is 17.7 Å². The van der Waals surface area contributed by atoms with Gasteiger partial charge in [-0.25, -0.2) is 4.98 Å². The molecule has 0 amide bonds. The second-order valence-corrected chi connectivity index (χ2v) is 6.11. The highest BCUT2D eigenvalue weighted by Gasteiger charge is 2.36. The summed E-state index contributed by atoms with van der Waals surface area (Å²) in [4.78, 5) is 19.4. The summed E-state index contributed by atoms with van der Waals surface area (Å²) in [6.45, 7) is 3.14. The number of aromatic nitrogens is 3. The van der Waals surface area contributed by atoms with Gasteiger partial charge in [-0.05, 0) is 18.6 Å². The molecule has 0 spiro atoms. The van der Waals surface area contributed by atoms with Crippen molar-refractivity contribution in [2.24, 2.45) is 7.05 Å². The summed E-state index contributed by atoms with van der Waals surface area (Å²) in [6, 6.07) is 3.90. The van der Waals surface area contributed by atoms with E-state index in [-0.39, 0.29) is 24.2 Å². The molecule has 3 rings (SSSR count). The summed E-state index contributed by atoms with van der Waals surface area (Å²) in [5.41, 5.74) is 2.17. The van der Waals surface area contributed by atoms with Gasteiger partial charge in [-0.1, -0.05) is 0 Å². The van der Waals surface area contributed by atoms with Crippen LogP contribution in [0.3, 0.4) is 0 Å². The van der Waals surface area contributed by atoms with E-state index in [9.17, 15) is 18.0 Å². The van der Waals surface area contributed by atoms with Crippen LogP contribution in [0.4, 0.5) is 13.2 Å². The predicted octanol–water partition coefficient (Wildman–Crippen LogP) is 1.87. The molecular weight excluding hydrogens is 335 g/mol. The Morgan fingerprint density at radius 1 is 1.44 bits per heavy atom. The van der Waals surface area contributed by atoms with Crippen LogP contribution in [0.15, 0.2) is 10.9 Å². The van der Waals surface area contributed by atoms with Crippen molar-refractivity contribution in [1.82, 2.24) is 19.4 Å². The number of hydrogen-bond acceptors (Lipinski definition) is 4. The van der Waals surface area contributed by atoms with Gasteiger partial charge in [0.25, 0.3) is 5.56 Å². The van der Waals surface area contributed by atoms with Gasteiger partial charge in [0, 0.05) is 38.8 Å². The fourth-order valence-electron chi connectivity index (χ4n) is 3.02. The van der Waals surface area contributed by atoms with Gasteiger partial charge in [-0.15, -0.1) is 0 Å². The molecule has 9 heteroatoms. The molecule has 0 radical (unpaired) electrons. The summed E-state index contributed by atoms with van der Waals surface area (Å²) < 4.78 is 40.0. The highest BCUT2D eigenvalue weighted by molar-refractivity contribution is 5.34. The van der Waals surface area contributed by atoms with Crippen molar-refractivity contribution >= 4 is 0 Å². The van der Waals surface area contributed by atoms with Crippen molar-refractivity contribution in [2.75, 3.05) is 6.54 Å². The molecule has 0 aliphatic carbocycles. The quantitative estimate of drug-likeness (QED) is 0.896. The minimum absolute atomic E-state index is 0.204. The second kappa shape index (κ2) is 6.04. The minimum atomic E-state index is -4.67. The third kappa shape index (κ3) is 3.17. The molecular formula is C16H16F3N5O. The van der Waals surface area contributed by atoms with E-state index in [2.05, 4.69) is 11.1 Å². The SMILES string of the molecule is Cc1c(CN2CCc3nc(C(F)(F)F)[nH]c(=O)c3C2)cc(C#N)n1C. The molecule has 6 nitrogen and oxygen atoms in total. The van der Waals surface area contributed by atoms with E-state index >= 15 is 0 Å². The number of alkyl halides is 3. The van der Waals surface area contributed by atoms with E-state index in [1.807, 2.05) is 16.8 Å². The zero-order valence-electron chi connectivity index (χ0n) is 13.7. The average molecular weight is 351 g/mol. The molecule has 0 bridgehead atoms. The number of hydrogen-bond donors (Lipinski definition) is 1. The zero-order chi connectivity index (χ0) is 18.4. The predicted molar refractivity (Wildman–Crippen MR) is 82.5 cm³/mol. The van der Waals surface area contributed by atoms with Crippen LogP contribution < -0.4 is 5.56 Å². The first kappa shape index (κ1) is 17.2. The van der Waals surface area contributed by atoms with Crippen LogP contribution >= 0.6 is 0 Å². The number of nitriles is 1. The van der Waals surface area contributed by atoms with Crippen LogP contribution in [0.25, 0.3) is 0 Å². The molecule has 0 atom stereocenters. The fourth-order valence-corrected chi connectivity index (χ4v) is 3.02. The van der Waals surface area contributed by atoms with Gasteiger partial charge in [0.1, 0.15) is 11.8 Å². The first-order chi connectivity index (χ1) is 11.7.